The van der Waals surface area contributed by atoms with Crippen molar-refractivity contribution in [2.75, 3.05) is 0 Å². The number of hydrogen-bond donors (Lipinski definition) is 1. The summed E-state index contributed by atoms with van der Waals surface area (Å²) < 4.78 is 0. The maximum absolute atomic E-state index is 9.32. The largest absolute Gasteiger partial charge is 0.300 e. The molecule has 144 valence electrons. The number of aryl methyl sites for hydroxylation is 1. The molecule has 1 nitrogen and oxygen atoms in total. The van der Waals surface area contributed by atoms with Crippen molar-refractivity contribution < 1.29 is 0 Å². The van der Waals surface area contributed by atoms with Crippen LogP contribution in [0.1, 0.15) is 74.3 Å². The molecule has 2 atom stereocenters. The topological polar surface area (TPSA) is 23.9 Å². The van der Waals surface area contributed by atoms with E-state index in [0.717, 1.165) is 18.6 Å². The standard InChI is InChI=1S/C27H31N/c1-4-5-9-17-14-15-19-16-18-10-6-7-11-21(18)25-23(19)26(28)24-20(17)12-8-13-22(24)27(25,2)3/h5,8-9,13-17,20,28H,4,6-7,10-12H2,1-3H3/b9-5?,15-14-,28-26?. The van der Waals surface area contributed by atoms with E-state index in [4.69, 9.17) is 0 Å². The Labute approximate surface area is 169 Å². The minimum Gasteiger partial charge on any atom is -0.300 e. The van der Waals surface area contributed by atoms with E-state index in [-0.39, 0.29) is 5.41 Å². The van der Waals surface area contributed by atoms with Gasteiger partial charge in [-0.2, -0.15) is 0 Å². The molecule has 0 aromatic heterocycles. The monoisotopic (exact) mass is 369 g/mol. The molecular weight excluding hydrogens is 338 g/mol. The molecule has 0 radical (unpaired) electrons. The zero-order valence-electron chi connectivity index (χ0n) is 17.4. The van der Waals surface area contributed by atoms with E-state index < -0.39 is 0 Å². The molecule has 2 unspecified atom stereocenters. The van der Waals surface area contributed by atoms with Crippen LogP contribution in [0.25, 0.3) is 6.08 Å². The number of nitrogens with one attached hydrogen (secondary N) is 1. The van der Waals surface area contributed by atoms with Gasteiger partial charge in [0.15, 0.2) is 0 Å². The van der Waals surface area contributed by atoms with Gasteiger partial charge in [0.1, 0.15) is 0 Å². The number of rotatable bonds is 2. The van der Waals surface area contributed by atoms with Crippen molar-refractivity contribution in [2.24, 2.45) is 11.8 Å². The Morgan fingerprint density at radius 2 is 2.00 bits per heavy atom. The third-order valence-corrected chi connectivity index (χ3v) is 7.39. The summed E-state index contributed by atoms with van der Waals surface area (Å²) in [6.07, 6.45) is 21.2. The Balaban J connectivity index is 1.85. The van der Waals surface area contributed by atoms with E-state index >= 15 is 0 Å². The summed E-state index contributed by atoms with van der Waals surface area (Å²) in [7, 11) is 0. The second kappa shape index (κ2) is 6.44. The Bertz CT molecular complexity index is 980. The highest BCUT2D eigenvalue weighted by Gasteiger charge is 2.44. The molecule has 0 saturated carbocycles. The fourth-order valence-electron chi connectivity index (χ4n) is 6.08. The summed E-state index contributed by atoms with van der Waals surface area (Å²) in [5.41, 5.74) is 10.6. The molecule has 2 bridgehead atoms. The first-order valence-corrected chi connectivity index (χ1v) is 11.1. The average molecular weight is 370 g/mol. The zero-order valence-corrected chi connectivity index (χ0v) is 17.4. The molecule has 5 rings (SSSR count). The Kier molecular flexibility index (Phi) is 4.12. The molecule has 0 saturated heterocycles. The van der Waals surface area contributed by atoms with Gasteiger partial charge >= 0.3 is 0 Å². The van der Waals surface area contributed by atoms with Gasteiger partial charge in [-0.1, -0.05) is 63.3 Å². The fourth-order valence-corrected chi connectivity index (χ4v) is 6.08. The van der Waals surface area contributed by atoms with Gasteiger partial charge in [0, 0.05) is 16.9 Å². The van der Waals surface area contributed by atoms with E-state index in [9.17, 15) is 5.41 Å². The van der Waals surface area contributed by atoms with Crippen molar-refractivity contribution in [2.45, 2.75) is 64.7 Å². The number of fused-ring (bicyclic) bond motifs is 2. The van der Waals surface area contributed by atoms with Crippen LogP contribution in [0.2, 0.25) is 0 Å². The molecule has 0 aliphatic heterocycles. The van der Waals surface area contributed by atoms with Crippen LogP contribution in [0.3, 0.4) is 0 Å². The van der Waals surface area contributed by atoms with Gasteiger partial charge in [0.2, 0.25) is 0 Å². The lowest BCUT2D eigenvalue weighted by Gasteiger charge is -2.45. The first-order chi connectivity index (χ1) is 13.5. The van der Waals surface area contributed by atoms with Crippen molar-refractivity contribution in [1.29, 1.82) is 5.41 Å². The summed E-state index contributed by atoms with van der Waals surface area (Å²) >= 11 is 0. The van der Waals surface area contributed by atoms with Gasteiger partial charge in [0.25, 0.3) is 0 Å². The van der Waals surface area contributed by atoms with Crippen LogP contribution >= 0.6 is 0 Å². The second-order valence-corrected chi connectivity index (χ2v) is 9.41. The molecule has 4 aliphatic rings. The molecule has 28 heavy (non-hydrogen) atoms. The molecule has 0 heterocycles. The van der Waals surface area contributed by atoms with E-state index in [1.165, 1.54) is 59.1 Å². The highest BCUT2D eigenvalue weighted by Crippen LogP contribution is 2.52. The van der Waals surface area contributed by atoms with E-state index in [1.807, 2.05) is 0 Å². The van der Waals surface area contributed by atoms with E-state index in [0.29, 0.717) is 11.8 Å². The highest BCUT2D eigenvalue weighted by atomic mass is 14.5. The predicted octanol–water partition coefficient (Wildman–Crippen LogP) is 6.71. The first kappa shape index (κ1) is 17.9. The normalized spacial score (nSPS) is 28.2. The van der Waals surface area contributed by atoms with Crippen LogP contribution in [0, 0.1) is 17.2 Å². The third-order valence-electron chi connectivity index (χ3n) is 7.39. The maximum atomic E-state index is 9.32. The lowest BCUT2D eigenvalue weighted by Crippen LogP contribution is -2.38. The van der Waals surface area contributed by atoms with E-state index in [1.54, 1.807) is 5.56 Å². The number of allylic oxidation sites excluding steroid dienone is 7. The summed E-state index contributed by atoms with van der Waals surface area (Å²) in [5, 5.41) is 9.32. The van der Waals surface area contributed by atoms with Crippen molar-refractivity contribution >= 4 is 11.8 Å². The summed E-state index contributed by atoms with van der Waals surface area (Å²) in [4.78, 5) is 0. The number of benzene rings is 1. The highest BCUT2D eigenvalue weighted by molar-refractivity contribution is 6.17. The maximum Gasteiger partial charge on any atom is 0.0659 e. The second-order valence-electron chi connectivity index (χ2n) is 9.41. The molecule has 4 aliphatic carbocycles. The summed E-state index contributed by atoms with van der Waals surface area (Å²) in [6, 6.07) is 2.42. The molecular formula is C27H31N. The molecule has 0 fully saturated rings. The lowest BCUT2D eigenvalue weighted by atomic mass is 9.58. The SMILES string of the molecule is CCC=CC1/C=C\c2cc3c(c4c2C(=N)C2=C(C=CCC21)C4(C)C)CCCC3. The fraction of sp³-hybridized carbons (Fsp3) is 0.444. The zero-order chi connectivity index (χ0) is 19.5. The average Bonchev–Trinajstić information content (AvgIpc) is 2.70. The lowest BCUT2D eigenvalue weighted by molar-refractivity contribution is 0.508. The van der Waals surface area contributed by atoms with Gasteiger partial charge in [-0.15, -0.1) is 0 Å². The molecule has 1 aromatic rings. The Morgan fingerprint density at radius 3 is 2.82 bits per heavy atom. The van der Waals surface area contributed by atoms with Crippen LogP contribution in [0.15, 0.2) is 47.6 Å². The molecule has 0 amide bonds. The van der Waals surface area contributed by atoms with Crippen molar-refractivity contribution in [3.8, 4) is 0 Å². The van der Waals surface area contributed by atoms with Gasteiger partial charge in [0.05, 0.1) is 5.71 Å². The smallest absolute Gasteiger partial charge is 0.0659 e. The van der Waals surface area contributed by atoms with Crippen LogP contribution in [0.4, 0.5) is 0 Å². The third kappa shape index (κ3) is 2.41. The van der Waals surface area contributed by atoms with E-state index in [2.05, 4.69) is 63.3 Å². The van der Waals surface area contributed by atoms with Gasteiger partial charge in [-0.25, -0.2) is 0 Å². The molecule has 1 heteroatoms. The van der Waals surface area contributed by atoms with Gasteiger partial charge in [-0.3, -0.25) is 5.41 Å². The predicted molar refractivity (Wildman–Crippen MR) is 119 cm³/mol. The van der Waals surface area contributed by atoms with Crippen molar-refractivity contribution in [1.82, 2.24) is 0 Å². The summed E-state index contributed by atoms with van der Waals surface area (Å²) in [6.45, 7) is 7.01. The Morgan fingerprint density at radius 1 is 1.18 bits per heavy atom. The van der Waals surface area contributed by atoms with Crippen molar-refractivity contribution in [3.05, 3.63) is 75.4 Å². The Hall–Kier alpha value is -2.15. The van der Waals surface area contributed by atoms with Crippen molar-refractivity contribution in [3.63, 3.8) is 0 Å². The summed E-state index contributed by atoms with van der Waals surface area (Å²) in [5.74, 6) is 0.764. The minimum absolute atomic E-state index is 0.0218. The quantitative estimate of drug-likeness (QED) is 0.560. The van der Waals surface area contributed by atoms with Crippen LogP contribution in [0.5, 0.6) is 0 Å². The van der Waals surface area contributed by atoms with Crippen LogP contribution in [-0.2, 0) is 18.3 Å². The van der Waals surface area contributed by atoms with Crippen LogP contribution < -0.4 is 0 Å². The molecule has 1 N–H and O–H groups in total. The van der Waals surface area contributed by atoms with Crippen LogP contribution in [-0.4, -0.2) is 5.71 Å². The number of hydrogen-bond acceptors (Lipinski definition) is 1. The molecule has 1 aromatic carbocycles. The first-order valence-electron chi connectivity index (χ1n) is 11.1. The molecule has 0 spiro atoms. The minimum atomic E-state index is -0.0218. The van der Waals surface area contributed by atoms with Gasteiger partial charge in [-0.05, 0) is 77.8 Å². The van der Waals surface area contributed by atoms with Gasteiger partial charge < -0.3 is 0 Å².